The molecule has 0 saturated carbocycles. The van der Waals surface area contributed by atoms with Crippen molar-refractivity contribution in [1.82, 2.24) is 0 Å². The van der Waals surface area contributed by atoms with Gasteiger partial charge in [0.05, 0.1) is 17.7 Å². The largest absolute Gasteiger partial charge is 0.504 e. The summed E-state index contributed by atoms with van der Waals surface area (Å²) in [5.74, 6) is -0.0741. The monoisotopic (exact) mass is 355 g/mol. The summed E-state index contributed by atoms with van der Waals surface area (Å²) in [5.41, 5.74) is 0.792. The van der Waals surface area contributed by atoms with Crippen molar-refractivity contribution in [2.24, 2.45) is 0 Å². The first-order chi connectivity index (χ1) is 9.51. The zero-order valence-corrected chi connectivity index (χ0v) is 12.8. The van der Waals surface area contributed by atoms with Crippen LogP contribution in [0.4, 0.5) is 5.69 Å². The number of phenols is 1. The topological polar surface area (TPSA) is 58.6 Å². The molecule has 0 fully saturated rings. The number of amides is 1. The quantitative estimate of drug-likeness (QED) is 0.871. The van der Waals surface area contributed by atoms with E-state index in [0.717, 1.165) is 4.47 Å². The molecule has 2 N–H and O–H groups in total. The standard InChI is InChI=1S/C14H11BrClNO3/c1-20-13-5-3-9(7-12(13)18)17-14(19)10-6-8(15)2-4-11(10)16/h2-7,18H,1H3,(H,17,19). The molecule has 0 atom stereocenters. The summed E-state index contributed by atoms with van der Waals surface area (Å²) in [4.78, 5) is 12.1. The molecular weight excluding hydrogens is 346 g/mol. The average molecular weight is 357 g/mol. The summed E-state index contributed by atoms with van der Waals surface area (Å²) >= 11 is 9.27. The second kappa shape index (κ2) is 6.15. The summed E-state index contributed by atoms with van der Waals surface area (Å²) < 4.78 is 5.69. The number of anilines is 1. The van der Waals surface area contributed by atoms with Gasteiger partial charge in [-0.2, -0.15) is 0 Å². The Hall–Kier alpha value is -1.72. The maximum Gasteiger partial charge on any atom is 0.257 e. The van der Waals surface area contributed by atoms with Gasteiger partial charge in [0.1, 0.15) is 0 Å². The predicted molar refractivity (Wildman–Crippen MR) is 81.8 cm³/mol. The van der Waals surface area contributed by atoms with Crippen LogP contribution < -0.4 is 10.1 Å². The summed E-state index contributed by atoms with van der Waals surface area (Å²) in [7, 11) is 1.45. The highest BCUT2D eigenvalue weighted by Gasteiger charge is 2.12. The van der Waals surface area contributed by atoms with Crippen LogP contribution in [0, 0.1) is 0 Å². The highest BCUT2D eigenvalue weighted by Crippen LogP contribution is 2.29. The highest BCUT2D eigenvalue weighted by molar-refractivity contribution is 9.10. The van der Waals surface area contributed by atoms with Crippen LogP contribution in [0.5, 0.6) is 11.5 Å². The van der Waals surface area contributed by atoms with Crippen molar-refractivity contribution in [2.75, 3.05) is 12.4 Å². The lowest BCUT2D eigenvalue weighted by Crippen LogP contribution is -2.12. The van der Waals surface area contributed by atoms with E-state index in [0.29, 0.717) is 22.0 Å². The van der Waals surface area contributed by atoms with Gasteiger partial charge in [0.15, 0.2) is 11.5 Å². The Labute approximate surface area is 129 Å². The van der Waals surface area contributed by atoms with E-state index in [1.54, 1.807) is 30.3 Å². The van der Waals surface area contributed by atoms with Crippen molar-refractivity contribution in [3.05, 3.63) is 51.5 Å². The number of benzene rings is 2. The molecule has 0 radical (unpaired) electrons. The number of carbonyl (C=O) groups excluding carboxylic acids is 1. The van der Waals surface area contributed by atoms with Crippen LogP contribution >= 0.6 is 27.5 Å². The zero-order chi connectivity index (χ0) is 14.7. The highest BCUT2D eigenvalue weighted by atomic mass is 79.9. The fourth-order valence-corrected chi connectivity index (χ4v) is 2.20. The third-order valence-corrected chi connectivity index (χ3v) is 3.43. The van der Waals surface area contributed by atoms with Gasteiger partial charge >= 0.3 is 0 Å². The number of aromatic hydroxyl groups is 1. The zero-order valence-electron chi connectivity index (χ0n) is 10.5. The van der Waals surface area contributed by atoms with Crippen LogP contribution in [0.1, 0.15) is 10.4 Å². The Morgan fingerprint density at radius 1 is 1.30 bits per heavy atom. The van der Waals surface area contributed by atoms with Crippen molar-refractivity contribution in [2.45, 2.75) is 0 Å². The minimum atomic E-state index is -0.360. The van der Waals surface area contributed by atoms with E-state index in [4.69, 9.17) is 16.3 Å². The van der Waals surface area contributed by atoms with Crippen molar-refractivity contribution >= 4 is 39.1 Å². The third-order valence-electron chi connectivity index (χ3n) is 2.61. The molecule has 0 aliphatic carbocycles. The van der Waals surface area contributed by atoms with Crippen molar-refractivity contribution in [3.63, 3.8) is 0 Å². The molecule has 0 saturated heterocycles. The molecule has 0 aliphatic rings. The lowest BCUT2D eigenvalue weighted by Gasteiger charge is -2.09. The van der Waals surface area contributed by atoms with E-state index in [1.807, 2.05) is 0 Å². The Morgan fingerprint density at radius 2 is 2.05 bits per heavy atom. The van der Waals surface area contributed by atoms with E-state index in [9.17, 15) is 9.90 Å². The van der Waals surface area contributed by atoms with Crippen molar-refractivity contribution in [3.8, 4) is 11.5 Å². The van der Waals surface area contributed by atoms with Crippen LogP contribution in [0.2, 0.25) is 5.02 Å². The molecule has 4 nitrogen and oxygen atoms in total. The molecule has 0 bridgehead atoms. The number of methoxy groups -OCH3 is 1. The van der Waals surface area contributed by atoms with Gasteiger partial charge in [-0.05, 0) is 30.3 Å². The van der Waals surface area contributed by atoms with Crippen molar-refractivity contribution < 1.29 is 14.6 Å². The van der Waals surface area contributed by atoms with Gasteiger partial charge in [-0.15, -0.1) is 0 Å². The lowest BCUT2D eigenvalue weighted by molar-refractivity contribution is 0.102. The molecule has 2 rings (SSSR count). The van der Waals surface area contributed by atoms with E-state index in [2.05, 4.69) is 21.2 Å². The molecule has 0 spiro atoms. The molecule has 20 heavy (non-hydrogen) atoms. The molecule has 0 aliphatic heterocycles. The summed E-state index contributed by atoms with van der Waals surface area (Å²) in [5, 5.41) is 12.7. The number of ether oxygens (including phenoxy) is 1. The fraction of sp³-hybridized carbons (Fsp3) is 0.0714. The number of rotatable bonds is 3. The minimum absolute atomic E-state index is 0.0503. The molecule has 0 aromatic heterocycles. The molecule has 104 valence electrons. The van der Waals surface area contributed by atoms with Crippen LogP contribution in [-0.2, 0) is 0 Å². The van der Waals surface area contributed by atoms with Gasteiger partial charge in [-0.25, -0.2) is 0 Å². The summed E-state index contributed by atoms with van der Waals surface area (Å²) in [6.07, 6.45) is 0. The molecule has 0 unspecified atom stereocenters. The van der Waals surface area contributed by atoms with Gasteiger partial charge in [-0.1, -0.05) is 27.5 Å². The summed E-state index contributed by atoms with van der Waals surface area (Å²) in [6, 6.07) is 9.60. The molecule has 0 heterocycles. The minimum Gasteiger partial charge on any atom is -0.504 e. The second-order valence-corrected chi connectivity index (χ2v) is 5.29. The fourth-order valence-electron chi connectivity index (χ4n) is 1.64. The number of carbonyl (C=O) groups is 1. The maximum atomic E-state index is 12.1. The number of nitrogens with one attached hydrogen (secondary N) is 1. The smallest absolute Gasteiger partial charge is 0.257 e. The van der Waals surface area contributed by atoms with Gasteiger partial charge in [-0.3, -0.25) is 4.79 Å². The predicted octanol–water partition coefficient (Wildman–Crippen LogP) is 4.07. The first kappa shape index (κ1) is 14.7. The SMILES string of the molecule is COc1ccc(NC(=O)c2cc(Br)ccc2Cl)cc1O. The van der Waals surface area contributed by atoms with E-state index in [1.165, 1.54) is 13.2 Å². The second-order valence-electron chi connectivity index (χ2n) is 3.96. The molecule has 1 amide bonds. The third kappa shape index (κ3) is 3.23. The lowest BCUT2D eigenvalue weighted by atomic mass is 10.2. The Balaban J connectivity index is 2.23. The first-order valence-corrected chi connectivity index (χ1v) is 6.82. The average Bonchev–Trinajstić information content (AvgIpc) is 2.41. The van der Waals surface area contributed by atoms with E-state index in [-0.39, 0.29) is 11.7 Å². The van der Waals surface area contributed by atoms with Gasteiger partial charge in [0.25, 0.3) is 5.91 Å². The molecule has 6 heteroatoms. The molecule has 2 aromatic rings. The van der Waals surface area contributed by atoms with Crippen LogP contribution in [0.25, 0.3) is 0 Å². The maximum absolute atomic E-state index is 12.1. The van der Waals surface area contributed by atoms with E-state index < -0.39 is 0 Å². The van der Waals surface area contributed by atoms with Gasteiger partial charge in [0, 0.05) is 16.2 Å². The number of phenolic OH excluding ortho intramolecular Hbond substituents is 1. The van der Waals surface area contributed by atoms with Crippen LogP contribution in [0.3, 0.4) is 0 Å². The number of halogens is 2. The molecular formula is C14H11BrClNO3. The summed E-state index contributed by atoms with van der Waals surface area (Å²) in [6.45, 7) is 0. The number of hydrogen-bond acceptors (Lipinski definition) is 3. The van der Waals surface area contributed by atoms with Crippen LogP contribution in [0.15, 0.2) is 40.9 Å². The first-order valence-electron chi connectivity index (χ1n) is 5.64. The van der Waals surface area contributed by atoms with E-state index >= 15 is 0 Å². The Bertz CT molecular complexity index is 661. The normalized spacial score (nSPS) is 10.2. The van der Waals surface area contributed by atoms with Gasteiger partial charge in [0.2, 0.25) is 0 Å². The van der Waals surface area contributed by atoms with Crippen molar-refractivity contribution in [1.29, 1.82) is 0 Å². The Kier molecular flexibility index (Phi) is 4.52. The number of hydrogen-bond donors (Lipinski definition) is 2. The Morgan fingerprint density at radius 3 is 2.70 bits per heavy atom. The van der Waals surface area contributed by atoms with Gasteiger partial charge < -0.3 is 15.2 Å². The molecule has 2 aromatic carbocycles. The van der Waals surface area contributed by atoms with Crippen LogP contribution in [-0.4, -0.2) is 18.1 Å².